The summed E-state index contributed by atoms with van der Waals surface area (Å²) in [6.07, 6.45) is 1.73. The fourth-order valence-corrected chi connectivity index (χ4v) is 1.87. The lowest BCUT2D eigenvalue weighted by molar-refractivity contribution is 0.318. The van der Waals surface area contributed by atoms with Gasteiger partial charge in [0.05, 0.1) is 18.8 Å². The lowest BCUT2D eigenvalue weighted by atomic mass is 10.3. The van der Waals surface area contributed by atoms with Gasteiger partial charge in [0.25, 0.3) is 0 Å². The van der Waals surface area contributed by atoms with Crippen LogP contribution in [-0.2, 0) is 13.6 Å². The topological polar surface area (TPSA) is 63.5 Å². The average molecular weight is 451 g/mol. The molecule has 1 heterocycles. The van der Waals surface area contributed by atoms with Gasteiger partial charge in [0.2, 0.25) is 0 Å². The highest BCUT2D eigenvalue weighted by molar-refractivity contribution is 14.0. The Labute approximate surface area is 156 Å². The zero-order valence-electron chi connectivity index (χ0n) is 13.4. The molecular formula is C15H20F2IN5O. The minimum Gasteiger partial charge on any atom is -0.492 e. The third kappa shape index (κ3) is 5.95. The van der Waals surface area contributed by atoms with E-state index in [9.17, 15) is 8.78 Å². The summed E-state index contributed by atoms with van der Waals surface area (Å²) in [6.45, 7) is 1.34. The highest BCUT2D eigenvalue weighted by atomic mass is 127. The van der Waals surface area contributed by atoms with Crippen molar-refractivity contribution in [3.05, 3.63) is 47.8 Å². The van der Waals surface area contributed by atoms with E-state index in [1.807, 2.05) is 13.1 Å². The Balaban J connectivity index is 0.00000288. The highest BCUT2D eigenvalue weighted by Gasteiger charge is 2.04. The van der Waals surface area contributed by atoms with Gasteiger partial charge in [-0.2, -0.15) is 5.10 Å². The number of guanidine groups is 1. The number of nitrogens with zero attached hydrogens (tertiary/aromatic N) is 3. The molecule has 0 unspecified atom stereocenters. The van der Waals surface area contributed by atoms with Crippen LogP contribution in [0, 0.1) is 11.6 Å². The first-order chi connectivity index (χ1) is 11.1. The van der Waals surface area contributed by atoms with Gasteiger partial charge in [0.1, 0.15) is 12.4 Å². The number of aromatic nitrogens is 2. The van der Waals surface area contributed by atoms with Crippen molar-refractivity contribution in [3.63, 3.8) is 0 Å². The van der Waals surface area contributed by atoms with Crippen LogP contribution in [0.25, 0.3) is 0 Å². The molecule has 6 nitrogen and oxygen atoms in total. The normalized spacial score (nSPS) is 10.9. The summed E-state index contributed by atoms with van der Waals surface area (Å²) in [6, 6.07) is 5.34. The van der Waals surface area contributed by atoms with Crippen molar-refractivity contribution in [2.75, 3.05) is 20.2 Å². The second-order valence-corrected chi connectivity index (χ2v) is 4.72. The average Bonchev–Trinajstić information content (AvgIpc) is 2.95. The molecule has 1 aromatic heterocycles. The first-order valence-electron chi connectivity index (χ1n) is 7.09. The molecule has 0 amide bonds. The van der Waals surface area contributed by atoms with Crippen molar-refractivity contribution < 1.29 is 13.5 Å². The Bertz CT molecular complexity index is 678. The molecule has 0 fully saturated rings. The van der Waals surface area contributed by atoms with Gasteiger partial charge in [-0.25, -0.2) is 8.78 Å². The second-order valence-electron chi connectivity index (χ2n) is 4.72. The quantitative estimate of drug-likeness (QED) is 0.306. The van der Waals surface area contributed by atoms with Crippen LogP contribution in [0.2, 0.25) is 0 Å². The Morgan fingerprint density at radius 1 is 1.25 bits per heavy atom. The van der Waals surface area contributed by atoms with Crippen LogP contribution >= 0.6 is 24.0 Å². The molecule has 2 rings (SSSR count). The van der Waals surface area contributed by atoms with Gasteiger partial charge in [-0.1, -0.05) is 0 Å². The van der Waals surface area contributed by atoms with Crippen molar-refractivity contribution in [2.24, 2.45) is 12.0 Å². The van der Waals surface area contributed by atoms with Crippen LogP contribution in [0.5, 0.6) is 5.75 Å². The molecule has 0 bridgehead atoms. The molecule has 1 aromatic carbocycles. The van der Waals surface area contributed by atoms with E-state index in [4.69, 9.17) is 4.74 Å². The predicted octanol–water partition coefficient (Wildman–Crippen LogP) is 2.06. The van der Waals surface area contributed by atoms with Crippen molar-refractivity contribution >= 4 is 29.9 Å². The molecule has 24 heavy (non-hydrogen) atoms. The molecular weight excluding hydrogens is 431 g/mol. The summed E-state index contributed by atoms with van der Waals surface area (Å²) in [5.41, 5.74) is 1.02. The van der Waals surface area contributed by atoms with Crippen molar-refractivity contribution in [3.8, 4) is 5.75 Å². The van der Waals surface area contributed by atoms with E-state index in [1.54, 1.807) is 17.9 Å². The summed E-state index contributed by atoms with van der Waals surface area (Å²) < 4.78 is 32.9. The van der Waals surface area contributed by atoms with E-state index in [-0.39, 0.29) is 36.3 Å². The number of nitrogens with one attached hydrogen (secondary N) is 2. The number of hydrogen-bond donors (Lipinski definition) is 2. The Morgan fingerprint density at radius 3 is 2.67 bits per heavy atom. The molecule has 0 spiro atoms. The van der Waals surface area contributed by atoms with Crippen molar-refractivity contribution in [1.82, 2.24) is 20.4 Å². The van der Waals surface area contributed by atoms with E-state index in [0.717, 1.165) is 17.8 Å². The predicted molar refractivity (Wildman–Crippen MR) is 98.7 cm³/mol. The molecule has 0 aliphatic carbocycles. The molecule has 0 aliphatic rings. The van der Waals surface area contributed by atoms with E-state index in [2.05, 4.69) is 20.7 Å². The fourth-order valence-electron chi connectivity index (χ4n) is 1.87. The summed E-state index contributed by atoms with van der Waals surface area (Å²) in [4.78, 5) is 4.09. The number of rotatable bonds is 6. The molecule has 0 aliphatic heterocycles. The van der Waals surface area contributed by atoms with Gasteiger partial charge in [0.15, 0.2) is 17.6 Å². The zero-order valence-corrected chi connectivity index (χ0v) is 15.8. The number of halogens is 3. The summed E-state index contributed by atoms with van der Waals surface area (Å²) in [5, 5.41) is 10.3. The van der Waals surface area contributed by atoms with E-state index < -0.39 is 11.6 Å². The number of ether oxygens (including phenoxy) is 1. The lowest BCUT2D eigenvalue weighted by Crippen LogP contribution is -2.39. The zero-order chi connectivity index (χ0) is 16.7. The minimum atomic E-state index is -0.927. The molecule has 0 radical (unpaired) electrons. The minimum absolute atomic E-state index is 0. The Morgan fingerprint density at radius 2 is 2.04 bits per heavy atom. The van der Waals surface area contributed by atoms with E-state index in [0.29, 0.717) is 19.0 Å². The van der Waals surface area contributed by atoms with Gasteiger partial charge in [-0.15, -0.1) is 24.0 Å². The van der Waals surface area contributed by atoms with Gasteiger partial charge >= 0.3 is 0 Å². The number of aryl methyl sites for hydroxylation is 1. The Kier molecular flexibility index (Phi) is 8.44. The number of hydrogen-bond acceptors (Lipinski definition) is 3. The molecule has 0 saturated heterocycles. The van der Waals surface area contributed by atoms with Crippen LogP contribution < -0.4 is 15.4 Å². The maximum Gasteiger partial charge on any atom is 0.191 e. The van der Waals surface area contributed by atoms with Crippen molar-refractivity contribution in [2.45, 2.75) is 6.54 Å². The molecule has 0 atom stereocenters. The molecule has 2 aromatic rings. The summed E-state index contributed by atoms with van der Waals surface area (Å²) in [7, 11) is 3.53. The molecule has 2 N–H and O–H groups in total. The van der Waals surface area contributed by atoms with Gasteiger partial charge < -0.3 is 15.4 Å². The van der Waals surface area contributed by atoms with E-state index in [1.165, 1.54) is 6.07 Å². The van der Waals surface area contributed by atoms with Crippen LogP contribution in [0.3, 0.4) is 0 Å². The third-order valence-corrected chi connectivity index (χ3v) is 3.14. The maximum atomic E-state index is 13.0. The molecule has 9 heteroatoms. The summed E-state index contributed by atoms with van der Waals surface area (Å²) in [5.74, 6) is -0.928. The Hall–Kier alpha value is -1.91. The summed E-state index contributed by atoms with van der Waals surface area (Å²) >= 11 is 0. The smallest absolute Gasteiger partial charge is 0.191 e. The SMILES string of the molecule is CN=C(NCCOc1ccc(F)c(F)c1)NCc1ccnn1C.I. The fraction of sp³-hybridized carbons (Fsp3) is 0.333. The molecule has 0 saturated carbocycles. The van der Waals surface area contributed by atoms with Crippen molar-refractivity contribution in [1.29, 1.82) is 0 Å². The maximum absolute atomic E-state index is 13.0. The van der Waals surface area contributed by atoms with Crippen LogP contribution in [0.4, 0.5) is 8.78 Å². The second kappa shape index (κ2) is 10.1. The monoisotopic (exact) mass is 451 g/mol. The van der Waals surface area contributed by atoms with Gasteiger partial charge in [0, 0.05) is 26.4 Å². The first-order valence-corrected chi connectivity index (χ1v) is 7.09. The van der Waals surface area contributed by atoms with Crippen LogP contribution in [0.15, 0.2) is 35.5 Å². The third-order valence-electron chi connectivity index (χ3n) is 3.14. The standard InChI is InChI=1S/C15H19F2N5O.HI/c1-18-15(20-10-11-5-6-21-22(11)2)19-7-8-23-12-3-4-13(16)14(17)9-12;/h3-6,9H,7-8,10H2,1-2H3,(H2,18,19,20);1H. The van der Waals surface area contributed by atoms with E-state index >= 15 is 0 Å². The first kappa shape index (κ1) is 20.1. The number of aliphatic imine (C=N–C) groups is 1. The van der Waals surface area contributed by atoms with Gasteiger partial charge in [-0.3, -0.25) is 9.67 Å². The lowest BCUT2D eigenvalue weighted by Gasteiger charge is -2.12. The molecule has 132 valence electrons. The van der Waals surface area contributed by atoms with Crippen LogP contribution in [-0.4, -0.2) is 35.9 Å². The number of benzene rings is 1. The largest absolute Gasteiger partial charge is 0.492 e. The highest BCUT2D eigenvalue weighted by Crippen LogP contribution is 2.14. The van der Waals surface area contributed by atoms with Crippen LogP contribution in [0.1, 0.15) is 5.69 Å². The van der Waals surface area contributed by atoms with Gasteiger partial charge in [-0.05, 0) is 18.2 Å².